The van der Waals surface area contributed by atoms with Gasteiger partial charge in [-0.05, 0) is 77.0 Å². The van der Waals surface area contributed by atoms with Crippen LogP contribution >= 0.6 is 0 Å². The lowest BCUT2D eigenvalue weighted by atomic mass is 10.1. The summed E-state index contributed by atoms with van der Waals surface area (Å²) in [5.41, 5.74) is 0. The van der Waals surface area contributed by atoms with Crippen molar-refractivity contribution in [2.75, 3.05) is 26.3 Å². The molecule has 1 heterocycles. The maximum atomic E-state index is 6.21. The molecule has 0 aliphatic carbocycles. The van der Waals surface area contributed by atoms with Gasteiger partial charge in [-0.1, -0.05) is 140 Å². The molecule has 1 N–H and O–H groups in total. The van der Waals surface area contributed by atoms with Crippen molar-refractivity contribution in [3.63, 3.8) is 0 Å². The number of unbranched alkanes of at least 4 members (excludes halogenated alkanes) is 18. The minimum Gasteiger partial charge on any atom is -0.374 e. The molecule has 1 fully saturated rings. The minimum absolute atomic E-state index is 0.238. The Hall–Kier alpha value is -1.16. The second kappa shape index (κ2) is 33.7. The summed E-state index contributed by atoms with van der Waals surface area (Å²) in [6, 6.07) is 0. The third-order valence-electron chi connectivity index (χ3n) is 8.46. The molecule has 1 aliphatic heterocycles. The third kappa shape index (κ3) is 28.1. The van der Waals surface area contributed by atoms with Gasteiger partial charge in [-0.3, -0.25) is 0 Å². The van der Waals surface area contributed by atoms with Crippen molar-refractivity contribution >= 4 is 0 Å². The summed E-state index contributed by atoms with van der Waals surface area (Å²) in [5, 5.41) is 3.47. The Balaban J connectivity index is 1.85. The molecule has 250 valence electrons. The van der Waals surface area contributed by atoms with E-state index in [1.807, 2.05) is 0 Å². The predicted molar refractivity (Wildman–Crippen MR) is 191 cm³/mol. The average molecular weight is 600 g/mol. The molecule has 0 aromatic rings. The highest BCUT2D eigenvalue weighted by molar-refractivity contribution is 4.93. The lowest BCUT2D eigenvalue weighted by molar-refractivity contribution is -0.0481. The highest BCUT2D eigenvalue weighted by Crippen LogP contribution is 2.14. The Morgan fingerprint density at radius 1 is 0.419 bits per heavy atom. The topological polar surface area (TPSA) is 30.5 Å². The van der Waals surface area contributed by atoms with Crippen molar-refractivity contribution in [1.82, 2.24) is 5.32 Å². The maximum Gasteiger partial charge on any atom is 0.0973 e. The highest BCUT2D eigenvalue weighted by Gasteiger charge is 2.28. The van der Waals surface area contributed by atoms with Gasteiger partial charge in [0.05, 0.1) is 12.2 Å². The molecule has 0 aromatic heterocycles. The number of nitrogens with one attached hydrogen (secondary N) is 1. The van der Waals surface area contributed by atoms with Crippen LogP contribution in [0.2, 0.25) is 0 Å². The van der Waals surface area contributed by atoms with E-state index < -0.39 is 0 Å². The smallest absolute Gasteiger partial charge is 0.0973 e. The van der Waals surface area contributed by atoms with Gasteiger partial charge in [-0.2, -0.15) is 0 Å². The molecule has 3 heteroatoms. The SMILES string of the molecule is CCCCCC=CCC=CCCCCCCCCO[C@H]1CNC[C@H]1OCCCCCCCCC=CCC=CCCCCC. The van der Waals surface area contributed by atoms with Crippen LogP contribution in [0.5, 0.6) is 0 Å². The van der Waals surface area contributed by atoms with Crippen LogP contribution in [-0.2, 0) is 9.47 Å². The Labute approximate surface area is 269 Å². The van der Waals surface area contributed by atoms with Gasteiger partial charge in [0.2, 0.25) is 0 Å². The first-order valence-corrected chi connectivity index (χ1v) is 18.9. The molecule has 0 spiro atoms. The van der Waals surface area contributed by atoms with Gasteiger partial charge < -0.3 is 14.8 Å². The van der Waals surface area contributed by atoms with Crippen LogP contribution in [0.15, 0.2) is 48.6 Å². The molecule has 3 nitrogen and oxygen atoms in total. The zero-order valence-corrected chi connectivity index (χ0v) is 28.9. The highest BCUT2D eigenvalue weighted by atomic mass is 16.5. The summed E-state index contributed by atoms with van der Waals surface area (Å²) in [6.07, 6.45) is 50.1. The van der Waals surface area contributed by atoms with E-state index in [9.17, 15) is 0 Å². The van der Waals surface area contributed by atoms with Crippen molar-refractivity contribution in [1.29, 1.82) is 0 Å². The summed E-state index contributed by atoms with van der Waals surface area (Å²) in [6.45, 7) is 8.17. The van der Waals surface area contributed by atoms with Crippen molar-refractivity contribution in [3.8, 4) is 0 Å². The standard InChI is InChI=1S/C40H73NO2/c1-3-5-7-9-11-13-15-17-19-21-23-25-27-29-31-33-35-42-39-37-41-38-40(39)43-36-34-32-30-28-26-24-22-20-18-16-14-12-10-8-6-4-2/h11-14,17-20,39-41H,3-10,15-16,21-38H2,1-2H3/t39-,40+. The van der Waals surface area contributed by atoms with E-state index in [1.54, 1.807) is 0 Å². The molecular weight excluding hydrogens is 526 g/mol. The molecule has 43 heavy (non-hydrogen) atoms. The Morgan fingerprint density at radius 2 is 0.744 bits per heavy atom. The maximum absolute atomic E-state index is 6.21. The van der Waals surface area contributed by atoms with Gasteiger partial charge in [0.15, 0.2) is 0 Å². The predicted octanol–water partition coefficient (Wildman–Crippen LogP) is 12.0. The molecule has 2 atom stereocenters. The average Bonchev–Trinajstić information content (AvgIpc) is 3.47. The first kappa shape index (κ1) is 39.9. The molecule has 0 saturated carbocycles. The normalized spacial score (nSPS) is 17.6. The van der Waals surface area contributed by atoms with Gasteiger partial charge >= 0.3 is 0 Å². The van der Waals surface area contributed by atoms with Gasteiger partial charge in [0, 0.05) is 26.3 Å². The monoisotopic (exact) mass is 600 g/mol. The summed E-state index contributed by atoms with van der Waals surface area (Å²) in [7, 11) is 0. The largest absolute Gasteiger partial charge is 0.374 e. The van der Waals surface area contributed by atoms with E-state index in [1.165, 1.54) is 141 Å². The molecule has 0 aromatic carbocycles. The van der Waals surface area contributed by atoms with E-state index >= 15 is 0 Å². The van der Waals surface area contributed by atoms with Crippen molar-refractivity contribution < 1.29 is 9.47 Å². The third-order valence-corrected chi connectivity index (χ3v) is 8.46. The van der Waals surface area contributed by atoms with Crippen molar-refractivity contribution in [2.24, 2.45) is 0 Å². The fourth-order valence-electron chi connectivity index (χ4n) is 5.61. The Morgan fingerprint density at radius 3 is 1.12 bits per heavy atom. The first-order chi connectivity index (χ1) is 21.4. The molecule has 0 amide bonds. The molecule has 1 rings (SSSR count). The zero-order chi connectivity index (χ0) is 30.7. The Bertz CT molecular complexity index is 611. The number of hydrogen-bond acceptors (Lipinski definition) is 3. The van der Waals surface area contributed by atoms with E-state index in [0.29, 0.717) is 0 Å². The second-order valence-electron chi connectivity index (χ2n) is 12.6. The number of allylic oxidation sites excluding steroid dienone is 8. The lowest BCUT2D eigenvalue weighted by Crippen LogP contribution is -2.30. The van der Waals surface area contributed by atoms with Gasteiger partial charge in [0.25, 0.3) is 0 Å². The quantitative estimate of drug-likeness (QED) is 0.0616. The fourth-order valence-corrected chi connectivity index (χ4v) is 5.61. The minimum atomic E-state index is 0.238. The molecule has 0 unspecified atom stereocenters. The van der Waals surface area contributed by atoms with Crippen LogP contribution in [0.1, 0.15) is 168 Å². The van der Waals surface area contributed by atoms with Crippen LogP contribution in [0, 0.1) is 0 Å². The molecule has 1 aliphatic rings. The van der Waals surface area contributed by atoms with E-state index in [4.69, 9.17) is 9.47 Å². The van der Waals surface area contributed by atoms with Crippen LogP contribution in [0.3, 0.4) is 0 Å². The van der Waals surface area contributed by atoms with Crippen LogP contribution in [0.25, 0.3) is 0 Å². The summed E-state index contributed by atoms with van der Waals surface area (Å²) in [5.74, 6) is 0. The lowest BCUT2D eigenvalue weighted by Gasteiger charge is -2.20. The molecule has 1 saturated heterocycles. The van der Waals surface area contributed by atoms with Gasteiger partial charge in [0.1, 0.15) is 0 Å². The fraction of sp³-hybridized carbons (Fsp3) is 0.800. The number of hydrogen-bond donors (Lipinski definition) is 1. The van der Waals surface area contributed by atoms with Crippen LogP contribution < -0.4 is 5.32 Å². The number of ether oxygens (including phenoxy) is 2. The second-order valence-corrected chi connectivity index (χ2v) is 12.6. The van der Waals surface area contributed by atoms with Crippen LogP contribution in [-0.4, -0.2) is 38.5 Å². The Kier molecular flexibility index (Phi) is 31.3. The van der Waals surface area contributed by atoms with Crippen molar-refractivity contribution in [2.45, 2.75) is 180 Å². The zero-order valence-electron chi connectivity index (χ0n) is 28.9. The first-order valence-electron chi connectivity index (χ1n) is 18.9. The van der Waals surface area contributed by atoms with E-state index in [2.05, 4.69) is 67.8 Å². The van der Waals surface area contributed by atoms with E-state index in [0.717, 1.165) is 39.1 Å². The molecule has 0 bridgehead atoms. The molecular formula is C40H73NO2. The number of rotatable bonds is 32. The van der Waals surface area contributed by atoms with Crippen molar-refractivity contribution in [3.05, 3.63) is 48.6 Å². The van der Waals surface area contributed by atoms with Crippen LogP contribution in [0.4, 0.5) is 0 Å². The summed E-state index contributed by atoms with van der Waals surface area (Å²) < 4.78 is 12.4. The van der Waals surface area contributed by atoms with Gasteiger partial charge in [-0.15, -0.1) is 0 Å². The molecule has 0 radical (unpaired) electrons. The summed E-state index contributed by atoms with van der Waals surface area (Å²) in [4.78, 5) is 0. The summed E-state index contributed by atoms with van der Waals surface area (Å²) >= 11 is 0. The van der Waals surface area contributed by atoms with Gasteiger partial charge in [-0.25, -0.2) is 0 Å². The van der Waals surface area contributed by atoms with E-state index in [-0.39, 0.29) is 12.2 Å².